The van der Waals surface area contributed by atoms with Crippen molar-refractivity contribution in [3.8, 4) is 0 Å². The monoisotopic (exact) mass is 302 g/mol. The molecule has 116 valence electrons. The highest BCUT2D eigenvalue weighted by molar-refractivity contribution is 5.90. The maximum absolute atomic E-state index is 11.8. The number of rotatable bonds is 6. The van der Waals surface area contributed by atoms with Gasteiger partial charge in [0.15, 0.2) is 5.69 Å². The molecule has 0 atom stereocenters. The normalized spacial score (nSPS) is 10.3. The molecule has 22 heavy (non-hydrogen) atoms. The Balaban J connectivity index is 1.84. The average Bonchev–Trinajstić information content (AvgIpc) is 2.95. The summed E-state index contributed by atoms with van der Waals surface area (Å²) in [5.74, 6) is -0.802. The minimum Gasteiger partial charge on any atom is -0.461 e. The van der Waals surface area contributed by atoms with Crippen LogP contribution in [0.25, 0.3) is 0 Å². The van der Waals surface area contributed by atoms with E-state index in [0.717, 1.165) is 11.8 Å². The van der Waals surface area contributed by atoms with Crippen molar-refractivity contribution in [2.75, 3.05) is 11.9 Å². The number of carbonyl (C=O) groups is 2. The van der Waals surface area contributed by atoms with Crippen LogP contribution in [0.5, 0.6) is 0 Å². The van der Waals surface area contributed by atoms with Gasteiger partial charge in [0.1, 0.15) is 6.26 Å². The third-order valence-corrected chi connectivity index (χ3v) is 3.00. The van der Waals surface area contributed by atoms with Gasteiger partial charge in [-0.05, 0) is 25.8 Å². The summed E-state index contributed by atoms with van der Waals surface area (Å²) in [6, 6.07) is 8.00. The second-order valence-electron chi connectivity index (χ2n) is 4.79. The van der Waals surface area contributed by atoms with Crippen molar-refractivity contribution >= 4 is 17.9 Å². The zero-order valence-corrected chi connectivity index (χ0v) is 12.6. The number of hydrogen-bond donors (Lipinski definition) is 1. The summed E-state index contributed by atoms with van der Waals surface area (Å²) in [4.78, 5) is 27.1. The average molecular weight is 302 g/mol. The molecule has 1 aromatic heterocycles. The van der Waals surface area contributed by atoms with Gasteiger partial charge in [-0.1, -0.05) is 29.8 Å². The number of hydrogen-bond acceptors (Lipinski definition) is 5. The summed E-state index contributed by atoms with van der Waals surface area (Å²) in [6.07, 6.45) is 2.09. The van der Waals surface area contributed by atoms with E-state index in [9.17, 15) is 9.59 Å². The second kappa shape index (κ2) is 7.40. The molecule has 0 radical (unpaired) electrons. The zero-order valence-electron chi connectivity index (χ0n) is 12.6. The molecule has 0 fully saturated rings. The largest absolute Gasteiger partial charge is 0.461 e. The van der Waals surface area contributed by atoms with Crippen LogP contribution < -0.4 is 5.32 Å². The van der Waals surface area contributed by atoms with E-state index in [-0.39, 0.29) is 24.2 Å². The van der Waals surface area contributed by atoms with Gasteiger partial charge in [-0.3, -0.25) is 10.1 Å². The van der Waals surface area contributed by atoms with Gasteiger partial charge in [0, 0.05) is 6.42 Å². The Morgan fingerprint density at radius 2 is 2.00 bits per heavy atom. The van der Waals surface area contributed by atoms with E-state index in [0.29, 0.717) is 12.8 Å². The van der Waals surface area contributed by atoms with Crippen molar-refractivity contribution in [3.05, 3.63) is 47.3 Å². The first kappa shape index (κ1) is 15.8. The van der Waals surface area contributed by atoms with Gasteiger partial charge in [-0.15, -0.1) is 0 Å². The highest BCUT2D eigenvalue weighted by Gasteiger charge is 2.14. The van der Waals surface area contributed by atoms with Crippen LogP contribution in [-0.4, -0.2) is 23.5 Å². The molecule has 0 saturated heterocycles. The molecule has 0 saturated carbocycles. The number of carbonyl (C=O) groups excluding carboxylic acids is 2. The molecule has 0 unspecified atom stereocenters. The molecule has 1 N–H and O–H groups in total. The second-order valence-corrected chi connectivity index (χ2v) is 4.79. The minimum absolute atomic E-state index is 0.00282. The van der Waals surface area contributed by atoms with E-state index in [2.05, 4.69) is 10.3 Å². The smallest absolute Gasteiger partial charge is 0.360 e. The van der Waals surface area contributed by atoms with Crippen LogP contribution in [0.15, 0.2) is 34.9 Å². The molecule has 2 aromatic rings. The first-order valence-electron chi connectivity index (χ1n) is 7.06. The summed E-state index contributed by atoms with van der Waals surface area (Å²) in [6.45, 7) is 3.97. The number of nitrogens with zero attached hydrogens (tertiary/aromatic N) is 1. The van der Waals surface area contributed by atoms with E-state index in [1.54, 1.807) is 6.92 Å². The van der Waals surface area contributed by atoms with E-state index < -0.39 is 5.97 Å². The quantitative estimate of drug-likeness (QED) is 0.830. The number of anilines is 1. The number of oxazole rings is 1. The van der Waals surface area contributed by atoms with Crippen molar-refractivity contribution in [2.24, 2.45) is 0 Å². The van der Waals surface area contributed by atoms with Crippen molar-refractivity contribution < 1.29 is 18.7 Å². The summed E-state index contributed by atoms with van der Waals surface area (Å²) in [5, 5.41) is 2.52. The predicted octanol–water partition coefficient (Wildman–Crippen LogP) is 2.73. The van der Waals surface area contributed by atoms with E-state index in [4.69, 9.17) is 9.15 Å². The van der Waals surface area contributed by atoms with Gasteiger partial charge < -0.3 is 9.15 Å². The van der Waals surface area contributed by atoms with Crippen molar-refractivity contribution in [3.63, 3.8) is 0 Å². The maximum Gasteiger partial charge on any atom is 0.360 e. The van der Waals surface area contributed by atoms with E-state index in [1.165, 1.54) is 5.56 Å². The number of benzene rings is 1. The SMILES string of the molecule is CCOC(=O)c1coc(NC(=O)CCc2ccc(C)cc2)n1. The Kier molecular flexibility index (Phi) is 5.30. The Morgan fingerprint density at radius 1 is 1.27 bits per heavy atom. The molecule has 1 aromatic carbocycles. The van der Waals surface area contributed by atoms with Gasteiger partial charge in [0.2, 0.25) is 5.91 Å². The topological polar surface area (TPSA) is 81.4 Å². The van der Waals surface area contributed by atoms with E-state index in [1.807, 2.05) is 31.2 Å². The lowest BCUT2D eigenvalue weighted by Gasteiger charge is -2.02. The lowest BCUT2D eigenvalue weighted by molar-refractivity contribution is -0.116. The Morgan fingerprint density at radius 3 is 2.68 bits per heavy atom. The highest BCUT2D eigenvalue weighted by Crippen LogP contribution is 2.10. The third kappa shape index (κ3) is 4.44. The Hall–Kier alpha value is -2.63. The van der Waals surface area contributed by atoms with Crippen LogP contribution in [0.3, 0.4) is 0 Å². The molecule has 0 aliphatic heterocycles. The first-order valence-corrected chi connectivity index (χ1v) is 7.06. The summed E-state index contributed by atoms with van der Waals surface area (Å²) < 4.78 is 9.81. The fraction of sp³-hybridized carbons (Fsp3) is 0.312. The Labute approximate surface area is 128 Å². The number of amides is 1. The molecule has 0 bridgehead atoms. The minimum atomic E-state index is -0.577. The maximum atomic E-state index is 11.8. The summed E-state index contributed by atoms with van der Waals surface area (Å²) >= 11 is 0. The third-order valence-electron chi connectivity index (χ3n) is 3.00. The number of aryl methyl sites for hydroxylation is 2. The van der Waals surface area contributed by atoms with Crippen LogP contribution in [0.4, 0.5) is 6.01 Å². The highest BCUT2D eigenvalue weighted by atomic mass is 16.5. The standard InChI is InChI=1S/C16H18N2O4/c1-3-21-15(20)13-10-22-16(17-13)18-14(19)9-8-12-6-4-11(2)5-7-12/h4-7,10H,3,8-9H2,1-2H3,(H,17,18,19). The fourth-order valence-electron chi connectivity index (χ4n) is 1.82. The van der Waals surface area contributed by atoms with Crippen molar-refractivity contribution in [1.29, 1.82) is 0 Å². The lowest BCUT2D eigenvalue weighted by atomic mass is 10.1. The first-order chi connectivity index (χ1) is 10.6. The molecule has 0 aliphatic carbocycles. The number of nitrogens with one attached hydrogen (secondary N) is 1. The van der Waals surface area contributed by atoms with Crippen LogP contribution in [0.1, 0.15) is 35.0 Å². The van der Waals surface area contributed by atoms with Crippen molar-refractivity contribution in [2.45, 2.75) is 26.7 Å². The summed E-state index contributed by atoms with van der Waals surface area (Å²) in [7, 11) is 0. The predicted molar refractivity (Wildman–Crippen MR) is 80.6 cm³/mol. The zero-order chi connectivity index (χ0) is 15.9. The molecule has 0 aliphatic rings. The van der Waals surface area contributed by atoms with Crippen LogP contribution in [0.2, 0.25) is 0 Å². The Bertz CT molecular complexity index is 646. The van der Waals surface area contributed by atoms with Crippen LogP contribution in [-0.2, 0) is 16.0 Å². The molecule has 2 rings (SSSR count). The van der Waals surface area contributed by atoms with Gasteiger partial charge >= 0.3 is 12.0 Å². The molecule has 1 amide bonds. The van der Waals surface area contributed by atoms with E-state index >= 15 is 0 Å². The summed E-state index contributed by atoms with van der Waals surface area (Å²) in [5.41, 5.74) is 2.30. The lowest BCUT2D eigenvalue weighted by Crippen LogP contribution is -2.13. The van der Waals surface area contributed by atoms with Crippen molar-refractivity contribution in [1.82, 2.24) is 4.98 Å². The number of aromatic nitrogens is 1. The molecule has 0 spiro atoms. The van der Waals surface area contributed by atoms with Gasteiger partial charge in [-0.25, -0.2) is 4.79 Å². The van der Waals surface area contributed by atoms with Gasteiger partial charge in [0.05, 0.1) is 6.61 Å². The van der Waals surface area contributed by atoms with Gasteiger partial charge in [0.25, 0.3) is 0 Å². The molecule has 6 nitrogen and oxygen atoms in total. The van der Waals surface area contributed by atoms with Crippen LogP contribution >= 0.6 is 0 Å². The molecular weight excluding hydrogens is 284 g/mol. The molecule has 6 heteroatoms. The fourth-order valence-corrected chi connectivity index (χ4v) is 1.82. The number of esters is 1. The molecule has 1 heterocycles. The van der Waals surface area contributed by atoms with Gasteiger partial charge in [-0.2, -0.15) is 4.98 Å². The molecular formula is C16H18N2O4. The van der Waals surface area contributed by atoms with Crippen LogP contribution in [0, 0.1) is 6.92 Å². The number of ether oxygens (including phenoxy) is 1.